The van der Waals surface area contributed by atoms with Gasteiger partial charge in [-0.2, -0.15) is 0 Å². The Hall–Kier alpha value is -2.20. The number of benzene rings is 1. The number of aliphatic hydroxyl groups is 1. The molecule has 0 bridgehead atoms. The third-order valence-corrected chi connectivity index (χ3v) is 3.60. The highest BCUT2D eigenvalue weighted by Crippen LogP contribution is 2.18. The zero-order valence-electron chi connectivity index (χ0n) is 13.0. The van der Waals surface area contributed by atoms with Crippen LogP contribution >= 0.6 is 0 Å². The third-order valence-electron chi connectivity index (χ3n) is 3.60. The number of hydrogen-bond donors (Lipinski definition) is 2. The van der Waals surface area contributed by atoms with Crippen molar-refractivity contribution in [2.75, 3.05) is 0 Å². The molecule has 1 aromatic heterocycles. The van der Waals surface area contributed by atoms with Crippen LogP contribution in [-0.2, 0) is 11.3 Å². The third kappa shape index (κ3) is 4.67. The molecule has 22 heavy (non-hydrogen) atoms. The summed E-state index contributed by atoms with van der Waals surface area (Å²) in [5.74, 6) is -0.0398. The first-order valence-electron chi connectivity index (χ1n) is 7.50. The lowest BCUT2D eigenvalue weighted by atomic mass is 10.0. The molecule has 1 unspecified atom stereocenters. The number of rotatable bonds is 6. The fraction of sp³-hybridized carbons (Fsp3) is 0.333. The van der Waals surface area contributed by atoms with Gasteiger partial charge in [-0.05, 0) is 28.7 Å². The van der Waals surface area contributed by atoms with E-state index >= 15 is 0 Å². The Morgan fingerprint density at radius 2 is 1.91 bits per heavy atom. The summed E-state index contributed by atoms with van der Waals surface area (Å²) in [4.78, 5) is 15.8. The summed E-state index contributed by atoms with van der Waals surface area (Å²) < 4.78 is 0. The maximum absolute atomic E-state index is 11.7. The van der Waals surface area contributed by atoms with Crippen LogP contribution in [0.25, 0.3) is 11.1 Å². The van der Waals surface area contributed by atoms with Crippen molar-refractivity contribution in [1.82, 2.24) is 10.3 Å². The molecule has 0 fully saturated rings. The molecule has 0 aliphatic carbocycles. The first-order valence-corrected chi connectivity index (χ1v) is 7.50. The van der Waals surface area contributed by atoms with Crippen LogP contribution in [0.5, 0.6) is 0 Å². The molecule has 2 rings (SSSR count). The SMILES string of the molecule is CC(C)C(O)CC(=O)NCc1ccc(-c2cccnc2)cc1. The molecule has 0 spiro atoms. The molecule has 4 nitrogen and oxygen atoms in total. The van der Waals surface area contributed by atoms with Crippen LogP contribution in [0, 0.1) is 5.92 Å². The summed E-state index contributed by atoms with van der Waals surface area (Å²) >= 11 is 0. The molecular formula is C18H22N2O2. The van der Waals surface area contributed by atoms with E-state index in [2.05, 4.69) is 10.3 Å². The molecule has 1 heterocycles. The van der Waals surface area contributed by atoms with Gasteiger partial charge < -0.3 is 10.4 Å². The van der Waals surface area contributed by atoms with Crippen LogP contribution in [0.4, 0.5) is 0 Å². The predicted octanol–water partition coefficient (Wildman–Crippen LogP) is 2.77. The molecule has 2 aromatic rings. The molecule has 0 radical (unpaired) electrons. The largest absolute Gasteiger partial charge is 0.392 e. The number of aromatic nitrogens is 1. The van der Waals surface area contributed by atoms with E-state index in [-0.39, 0.29) is 18.2 Å². The molecule has 0 aliphatic heterocycles. The zero-order chi connectivity index (χ0) is 15.9. The Labute approximate surface area is 131 Å². The van der Waals surface area contributed by atoms with Gasteiger partial charge in [-0.3, -0.25) is 9.78 Å². The Morgan fingerprint density at radius 3 is 2.50 bits per heavy atom. The van der Waals surface area contributed by atoms with Crippen LogP contribution < -0.4 is 5.32 Å². The van der Waals surface area contributed by atoms with E-state index in [1.165, 1.54) is 0 Å². The minimum absolute atomic E-state index is 0.0875. The highest BCUT2D eigenvalue weighted by atomic mass is 16.3. The van der Waals surface area contributed by atoms with E-state index < -0.39 is 6.10 Å². The van der Waals surface area contributed by atoms with E-state index in [0.29, 0.717) is 6.54 Å². The fourth-order valence-corrected chi connectivity index (χ4v) is 2.05. The van der Waals surface area contributed by atoms with Gasteiger partial charge >= 0.3 is 0 Å². The van der Waals surface area contributed by atoms with Gasteiger partial charge in [0.25, 0.3) is 0 Å². The van der Waals surface area contributed by atoms with Gasteiger partial charge in [-0.25, -0.2) is 0 Å². The van der Waals surface area contributed by atoms with Crippen molar-refractivity contribution in [1.29, 1.82) is 0 Å². The highest BCUT2D eigenvalue weighted by Gasteiger charge is 2.13. The van der Waals surface area contributed by atoms with E-state index in [4.69, 9.17) is 0 Å². The Bertz CT molecular complexity index is 594. The van der Waals surface area contributed by atoms with Gasteiger partial charge in [0.2, 0.25) is 5.91 Å². The quantitative estimate of drug-likeness (QED) is 0.862. The molecular weight excluding hydrogens is 276 g/mol. The summed E-state index contributed by atoms with van der Waals surface area (Å²) in [6, 6.07) is 11.9. The molecule has 116 valence electrons. The number of amides is 1. The van der Waals surface area contributed by atoms with Crippen LogP contribution in [0.3, 0.4) is 0 Å². The van der Waals surface area contributed by atoms with Crippen molar-refractivity contribution >= 4 is 5.91 Å². The monoisotopic (exact) mass is 298 g/mol. The number of pyridine rings is 1. The Balaban J connectivity index is 1.88. The summed E-state index contributed by atoms with van der Waals surface area (Å²) in [6.07, 6.45) is 3.13. The Kier molecular flexibility index (Phi) is 5.67. The van der Waals surface area contributed by atoms with Gasteiger partial charge in [-0.15, -0.1) is 0 Å². The van der Waals surface area contributed by atoms with Gasteiger partial charge in [0.15, 0.2) is 0 Å². The topological polar surface area (TPSA) is 62.2 Å². The van der Waals surface area contributed by atoms with E-state index in [9.17, 15) is 9.90 Å². The van der Waals surface area contributed by atoms with Crippen molar-refractivity contribution in [3.8, 4) is 11.1 Å². The predicted molar refractivity (Wildman–Crippen MR) is 87.0 cm³/mol. The molecule has 0 aliphatic rings. The molecule has 2 N–H and O–H groups in total. The molecule has 1 amide bonds. The van der Waals surface area contributed by atoms with E-state index in [1.807, 2.05) is 56.4 Å². The Morgan fingerprint density at radius 1 is 1.18 bits per heavy atom. The van der Waals surface area contributed by atoms with Crippen LogP contribution in [0.1, 0.15) is 25.8 Å². The second kappa shape index (κ2) is 7.71. The first-order chi connectivity index (χ1) is 10.6. The summed E-state index contributed by atoms with van der Waals surface area (Å²) in [7, 11) is 0. The lowest BCUT2D eigenvalue weighted by molar-refractivity contribution is -0.123. The minimum atomic E-state index is -0.590. The summed E-state index contributed by atoms with van der Waals surface area (Å²) in [6.45, 7) is 4.27. The number of nitrogens with zero attached hydrogens (tertiary/aromatic N) is 1. The number of carbonyl (C=O) groups excluding carboxylic acids is 1. The van der Waals surface area contributed by atoms with Gasteiger partial charge in [0.05, 0.1) is 12.5 Å². The molecule has 1 atom stereocenters. The molecule has 1 aromatic carbocycles. The molecule has 0 saturated heterocycles. The van der Waals surface area contributed by atoms with E-state index in [0.717, 1.165) is 16.7 Å². The second-order valence-corrected chi connectivity index (χ2v) is 5.73. The molecule has 4 heteroatoms. The van der Waals surface area contributed by atoms with E-state index in [1.54, 1.807) is 6.20 Å². The van der Waals surface area contributed by atoms with Gasteiger partial charge in [0, 0.05) is 18.9 Å². The average Bonchev–Trinajstić information content (AvgIpc) is 2.54. The van der Waals surface area contributed by atoms with Gasteiger partial charge in [0.1, 0.15) is 0 Å². The number of aliphatic hydroxyl groups excluding tert-OH is 1. The minimum Gasteiger partial charge on any atom is -0.392 e. The van der Waals surface area contributed by atoms with Crippen molar-refractivity contribution < 1.29 is 9.90 Å². The van der Waals surface area contributed by atoms with Crippen LogP contribution in [0.2, 0.25) is 0 Å². The second-order valence-electron chi connectivity index (χ2n) is 5.73. The first kappa shape index (κ1) is 16.2. The maximum atomic E-state index is 11.7. The van der Waals surface area contributed by atoms with Crippen LogP contribution in [0.15, 0.2) is 48.8 Å². The smallest absolute Gasteiger partial charge is 0.222 e. The van der Waals surface area contributed by atoms with Crippen molar-refractivity contribution in [3.63, 3.8) is 0 Å². The fourth-order valence-electron chi connectivity index (χ4n) is 2.05. The highest BCUT2D eigenvalue weighted by molar-refractivity contribution is 5.76. The molecule has 0 saturated carbocycles. The lowest BCUT2D eigenvalue weighted by Gasteiger charge is -2.14. The normalized spacial score (nSPS) is 12.2. The number of carbonyl (C=O) groups is 1. The van der Waals surface area contributed by atoms with Crippen molar-refractivity contribution in [3.05, 3.63) is 54.4 Å². The zero-order valence-corrected chi connectivity index (χ0v) is 13.0. The average molecular weight is 298 g/mol. The van der Waals surface area contributed by atoms with Gasteiger partial charge in [-0.1, -0.05) is 44.2 Å². The summed E-state index contributed by atoms with van der Waals surface area (Å²) in [5.41, 5.74) is 3.19. The van der Waals surface area contributed by atoms with Crippen LogP contribution in [-0.4, -0.2) is 22.1 Å². The van der Waals surface area contributed by atoms with Crippen molar-refractivity contribution in [2.24, 2.45) is 5.92 Å². The number of hydrogen-bond acceptors (Lipinski definition) is 3. The van der Waals surface area contributed by atoms with Crippen molar-refractivity contribution in [2.45, 2.75) is 32.9 Å². The lowest BCUT2D eigenvalue weighted by Crippen LogP contribution is -2.29. The standard InChI is InChI=1S/C18H22N2O2/c1-13(2)17(21)10-18(22)20-11-14-5-7-15(8-6-14)16-4-3-9-19-12-16/h3-9,12-13,17,21H,10-11H2,1-2H3,(H,20,22). The number of nitrogens with one attached hydrogen (secondary N) is 1. The maximum Gasteiger partial charge on any atom is 0.222 e. The summed E-state index contributed by atoms with van der Waals surface area (Å²) in [5, 5.41) is 12.5.